The van der Waals surface area contributed by atoms with Crippen LogP contribution in [0.1, 0.15) is 44.3 Å². The molecule has 2 fully saturated rings. The molecular formula is C15H26N4O2. The van der Waals surface area contributed by atoms with Gasteiger partial charge in [0.1, 0.15) is 5.82 Å². The van der Waals surface area contributed by atoms with Crippen molar-refractivity contribution in [2.45, 2.75) is 44.6 Å². The molecule has 0 radical (unpaired) electrons. The Bertz CT molecular complexity index is 449. The van der Waals surface area contributed by atoms with E-state index in [9.17, 15) is 0 Å². The molecule has 0 atom stereocenters. The second-order valence-corrected chi connectivity index (χ2v) is 5.95. The fraction of sp³-hybridized carbons (Fsp3) is 0.867. The summed E-state index contributed by atoms with van der Waals surface area (Å²) in [5.41, 5.74) is 0. The van der Waals surface area contributed by atoms with Gasteiger partial charge in [-0.15, -0.1) is 10.2 Å². The Morgan fingerprint density at radius 2 is 1.86 bits per heavy atom. The van der Waals surface area contributed by atoms with Crippen molar-refractivity contribution in [3.05, 3.63) is 5.82 Å². The van der Waals surface area contributed by atoms with Gasteiger partial charge in [-0.3, -0.25) is 0 Å². The average Bonchev–Trinajstić information content (AvgIpc) is 2.91. The van der Waals surface area contributed by atoms with Crippen LogP contribution < -0.4 is 4.90 Å². The van der Waals surface area contributed by atoms with Crippen molar-refractivity contribution in [2.24, 2.45) is 7.05 Å². The summed E-state index contributed by atoms with van der Waals surface area (Å²) >= 11 is 0. The van der Waals surface area contributed by atoms with E-state index in [-0.39, 0.29) is 0 Å². The second kappa shape index (κ2) is 6.75. The number of hydrogen-bond acceptors (Lipinski definition) is 5. The van der Waals surface area contributed by atoms with E-state index in [0.717, 1.165) is 70.4 Å². The van der Waals surface area contributed by atoms with E-state index in [2.05, 4.69) is 33.6 Å². The van der Waals surface area contributed by atoms with Crippen molar-refractivity contribution in [3.63, 3.8) is 0 Å². The first-order valence-electron chi connectivity index (χ1n) is 8.13. The Morgan fingerprint density at radius 1 is 1.14 bits per heavy atom. The number of ether oxygens (including phenoxy) is 2. The number of aromatic nitrogens is 3. The third-order valence-corrected chi connectivity index (χ3v) is 4.60. The van der Waals surface area contributed by atoms with Crippen LogP contribution in [0.5, 0.6) is 0 Å². The molecule has 0 aromatic carbocycles. The van der Waals surface area contributed by atoms with Gasteiger partial charge in [0.2, 0.25) is 5.95 Å². The van der Waals surface area contributed by atoms with E-state index in [0.29, 0.717) is 12.0 Å². The highest BCUT2D eigenvalue weighted by atomic mass is 16.5. The molecule has 3 heterocycles. The molecule has 0 bridgehead atoms. The van der Waals surface area contributed by atoms with Crippen LogP contribution >= 0.6 is 0 Å². The van der Waals surface area contributed by atoms with Crippen LogP contribution in [0.3, 0.4) is 0 Å². The minimum absolute atomic E-state index is 0.412. The van der Waals surface area contributed by atoms with Gasteiger partial charge in [-0.05, 0) is 32.6 Å². The molecule has 3 rings (SSSR count). The zero-order chi connectivity index (χ0) is 14.7. The summed E-state index contributed by atoms with van der Waals surface area (Å²) in [5, 5.41) is 8.90. The van der Waals surface area contributed by atoms with Crippen molar-refractivity contribution < 1.29 is 9.47 Å². The van der Waals surface area contributed by atoms with Gasteiger partial charge in [0, 0.05) is 45.9 Å². The second-order valence-electron chi connectivity index (χ2n) is 5.95. The molecule has 1 aromatic rings. The normalized spacial score (nSPS) is 21.9. The molecule has 0 spiro atoms. The monoisotopic (exact) mass is 294 g/mol. The zero-order valence-electron chi connectivity index (χ0n) is 13.1. The van der Waals surface area contributed by atoms with Crippen LogP contribution in [0, 0.1) is 0 Å². The standard InChI is InChI=1S/C15H26N4O2/c1-3-21-13-4-8-19(9-5-13)15-17-16-14(18(15)2)12-6-10-20-11-7-12/h12-13H,3-11H2,1-2H3. The molecule has 1 aromatic heterocycles. The molecule has 0 aliphatic carbocycles. The van der Waals surface area contributed by atoms with E-state index in [4.69, 9.17) is 9.47 Å². The first kappa shape index (κ1) is 14.8. The van der Waals surface area contributed by atoms with Crippen molar-refractivity contribution in [1.29, 1.82) is 0 Å². The van der Waals surface area contributed by atoms with E-state index in [1.807, 2.05) is 0 Å². The molecule has 0 N–H and O–H groups in total. The molecule has 21 heavy (non-hydrogen) atoms. The summed E-state index contributed by atoms with van der Waals surface area (Å²) in [5.74, 6) is 2.61. The summed E-state index contributed by atoms with van der Waals surface area (Å²) in [7, 11) is 2.09. The van der Waals surface area contributed by atoms with Gasteiger partial charge in [0.25, 0.3) is 0 Å². The van der Waals surface area contributed by atoms with Gasteiger partial charge < -0.3 is 18.9 Å². The minimum atomic E-state index is 0.412. The van der Waals surface area contributed by atoms with Crippen molar-refractivity contribution in [2.75, 3.05) is 37.8 Å². The first-order valence-corrected chi connectivity index (χ1v) is 8.13. The lowest BCUT2D eigenvalue weighted by molar-refractivity contribution is 0.0456. The highest BCUT2D eigenvalue weighted by molar-refractivity contribution is 5.32. The van der Waals surface area contributed by atoms with E-state index in [1.165, 1.54) is 0 Å². The molecule has 2 aliphatic rings. The number of piperidine rings is 1. The lowest BCUT2D eigenvalue weighted by atomic mass is 9.99. The van der Waals surface area contributed by atoms with Crippen molar-refractivity contribution in [3.8, 4) is 0 Å². The van der Waals surface area contributed by atoms with Gasteiger partial charge >= 0.3 is 0 Å². The smallest absolute Gasteiger partial charge is 0.226 e. The maximum absolute atomic E-state index is 5.71. The highest BCUT2D eigenvalue weighted by Gasteiger charge is 2.26. The molecule has 118 valence electrons. The third kappa shape index (κ3) is 3.21. The van der Waals surface area contributed by atoms with Gasteiger partial charge in [-0.1, -0.05) is 0 Å². The number of hydrogen-bond donors (Lipinski definition) is 0. The largest absolute Gasteiger partial charge is 0.381 e. The Morgan fingerprint density at radius 3 is 2.52 bits per heavy atom. The number of rotatable bonds is 4. The lowest BCUT2D eigenvalue weighted by Gasteiger charge is -2.32. The fourth-order valence-electron chi connectivity index (χ4n) is 3.38. The predicted molar refractivity (Wildman–Crippen MR) is 80.7 cm³/mol. The van der Waals surface area contributed by atoms with Crippen LogP contribution in [0.2, 0.25) is 0 Å². The Kier molecular flexibility index (Phi) is 4.75. The summed E-state index contributed by atoms with van der Waals surface area (Å²) in [4.78, 5) is 2.34. The van der Waals surface area contributed by atoms with E-state index < -0.39 is 0 Å². The number of nitrogens with zero attached hydrogens (tertiary/aromatic N) is 4. The van der Waals surface area contributed by atoms with Crippen LogP contribution in [-0.4, -0.2) is 53.8 Å². The molecule has 2 aliphatic heterocycles. The molecule has 0 unspecified atom stereocenters. The third-order valence-electron chi connectivity index (χ3n) is 4.60. The molecule has 0 saturated carbocycles. The topological polar surface area (TPSA) is 52.4 Å². The Labute approximate surface area is 126 Å². The zero-order valence-corrected chi connectivity index (χ0v) is 13.1. The predicted octanol–water partition coefficient (Wildman–Crippen LogP) is 1.71. The van der Waals surface area contributed by atoms with Gasteiger partial charge in [-0.2, -0.15) is 0 Å². The van der Waals surface area contributed by atoms with Crippen LogP contribution in [0.4, 0.5) is 5.95 Å². The quantitative estimate of drug-likeness (QED) is 0.846. The first-order chi connectivity index (χ1) is 10.3. The van der Waals surface area contributed by atoms with Crippen LogP contribution in [0.15, 0.2) is 0 Å². The SMILES string of the molecule is CCOC1CCN(c2nnc(C3CCOCC3)n2C)CC1. The summed E-state index contributed by atoms with van der Waals surface area (Å²) in [6, 6.07) is 0. The summed E-state index contributed by atoms with van der Waals surface area (Å²) in [6.45, 7) is 6.56. The van der Waals surface area contributed by atoms with E-state index in [1.54, 1.807) is 0 Å². The Balaban J connectivity index is 1.65. The maximum Gasteiger partial charge on any atom is 0.226 e. The average molecular weight is 294 g/mol. The van der Waals surface area contributed by atoms with Crippen LogP contribution in [-0.2, 0) is 16.5 Å². The molecule has 2 saturated heterocycles. The van der Waals surface area contributed by atoms with Gasteiger partial charge in [0.15, 0.2) is 0 Å². The molecule has 6 nitrogen and oxygen atoms in total. The lowest BCUT2D eigenvalue weighted by Crippen LogP contribution is -2.38. The van der Waals surface area contributed by atoms with Crippen molar-refractivity contribution in [1.82, 2.24) is 14.8 Å². The fourth-order valence-corrected chi connectivity index (χ4v) is 3.38. The molecular weight excluding hydrogens is 268 g/mol. The minimum Gasteiger partial charge on any atom is -0.381 e. The van der Waals surface area contributed by atoms with Crippen LogP contribution in [0.25, 0.3) is 0 Å². The summed E-state index contributed by atoms with van der Waals surface area (Å²) in [6.07, 6.45) is 4.67. The molecule has 6 heteroatoms. The highest BCUT2D eigenvalue weighted by Crippen LogP contribution is 2.28. The van der Waals surface area contributed by atoms with E-state index >= 15 is 0 Å². The van der Waals surface area contributed by atoms with Gasteiger partial charge in [0.05, 0.1) is 6.10 Å². The van der Waals surface area contributed by atoms with Gasteiger partial charge in [-0.25, -0.2) is 0 Å². The Hall–Kier alpha value is -1.14. The number of anilines is 1. The molecule has 0 amide bonds. The van der Waals surface area contributed by atoms with Crippen molar-refractivity contribution >= 4 is 5.95 Å². The summed E-state index contributed by atoms with van der Waals surface area (Å²) < 4.78 is 13.3. The maximum atomic E-state index is 5.71.